The molecule has 202 valence electrons. The summed E-state index contributed by atoms with van der Waals surface area (Å²) in [5, 5.41) is 26.3. The molecule has 0 unspecified atom stereocenters. The van der Waals surface area contributed by atoms with Crippen LogP contribution in [0, 0.1) is 21.4 Å². The number of benzene rings is 2. The third-order valence-electron chi connectivity index (χ3n) is 7.42. The highest BCUT2D eigenvalue weighted by molar-refractivity contribution is 6.20. The molecular weight excluding hydrogens is 510 g/mol. The van der Waals surface area contributed by atoms with Gasteiger partial charge in [-0.25, -0.2) is 4.68 Å². The molecule has 10 heteroatoms. The van der Waals surface area contributed by atoms with Gasteiger partial charge in [-0.3, -0.25) is 24.6 Å². The number of rotatable bonds is 6. The summed E-state index contributed by atoms with van der Waals surface area (Å²) in [7, 11) is 1.36. The Balaban J connectivity index is 1.70. The summed E-state index contributed by atoms with van der Waals surface area (Å²) >= 11 is 0. The minimum absolute atomic E-state index is 0.0616. The molecule has 5 rings (SSSR count). The van der Waals surface area contributed by atoms with Crippen molar-refractivity contribution in [1.82, 2.24) is 14.7 Å². The van der Waals surface area contributed by atoms with Gasteiger partial charge in [0.1, 0.15) is 17.3 Å². The van der Waals surface area contributed by atoms with E-state index in [-0.39, 0.29) is 28.6 Å². The SMILES string of the molecule is COc1ccc(-c2nn(-c3ccccc3)cc2/C=C2/C(=O)N(C3CCCCC3)C(=O)C(C#N)=C2C)cc1[N+](=O)[O-]. The average molecular weight is 538 g/mol. The third-order valence-corrected chi connectivity index (χ3v) is 7.42. The fourth-order valence-electron chi connectivity index (χ4n) is 5.34. The second kappa shape index (κ2) is 11.0. The number of carbonyl (C=O) groups is 2. The Morgan fingerprint density at radius 2 is 1.82 bits per heavy atom. The second-order valence-electron chi connectivity index (χ2n) is 9.80. The van der Waals surface area contributed by atoms with E-state index in [1.54, 1.807) is 29.9 Å². The number of hydrogen-bond acceptors (Lipinski definition) is 7. The van der Waals surface area contributed by atoms with Gasteiger partial charge in [0.2, 0.25) is 0 Å². The van der Waals surface area contributed by atoms with Crippen LogP contribution in [0.1, 0.15) is 44.6 Å². The highest BCUT2D eigenvalue weighted by atomic mass is 16.6. The number of nitrogens with zero attached hydrogens (tertiary/aromatic N) is 5. The van der Waals surface area contributed by atoms with Gasteiger partial charge in [0.25, 0.3) is 11.8 Å². The molecule has 0 radical (unpaired) electrons. The molecule has 2 aromatic carbocycles. The molecule has 3 aromatic rings. The van der Waals surface area contributed by atoms with Crippen LogP contribution >= 0.6 is 0 Å². The Kier molecular flexibility index (Phi) is 7.29. The Hall–Kier alpha value is -5.04. The maximum absolute atomic E-state index is 13.8. The summed E-state index contributed by atoms with van der Waals surface area (Å²) in [5.41, 5.74) is 2.31. The monoisotopic (exact) mass is 537 g/mol. The van der Waals surface area contributed by atoms with Crippen LogP contribution in [0.3, 0.4) is 0 Å². The maximum Gasteiger partial charge on any atom is 0.311 e. The number of nitro groups is 1. The van der Waals surface area contributed by atoms with E-state index in [1.807, 2.05) is 36.4 Å². The first kappa shape index (κ1) is 26.6. The summed E-state index contributed by atoms with van der Waals surface area (Å²) in [6, 6.07) is 15.6. The zero-order chi connectivity index (χ0) is 28.4. The number of para-hydroxylation sites is 1. The third kappa shape index (κ3) is 4.78. The fraction of sp³-hybridized carbons (Fsp3) is 0.267. The van der Waals surface area contributed by atoms with Crippen molar-refractivity contribution >= 4 is 23.6 Å². The maximum atomic E-state index is 13.8. The Morgan fingerprint density at radius 1 is 1.10 bits per heavy atom. The molecule has 1 fully saturated rings. The zero-order valence-corrected chi connectivity index (χ0v) is 22.2. The van der Waals surface area contributed by atoms with Crippen molar-refractivity contribution in [1.29, 1.82) is 5.26 Å². The lowest BCUT2D eigenvalue weighted by Gasteiger charge is -2.36. The molecule has 2 heterocycles. The van der Waals surface area contributed by atoms with Crippen molar-refractivity contribution in [2.75, 3.05) is 7.11 Å². The summed E-state index contributed by atoms with van der Waals surface area (Å²) in [4.78, 5) is 39.5. The molecule has 1 aliphatic carbocycles. The number of ether oxygens (including phenoxy) is 1. The van der Waals surface area contributed by atoms with E-state index in [0.717, 1.165) is 24.9 Å². The van der Waals surface area contributed by atoms with Crippen molar-refractivity contribution in [3.63, 3.8) is 0 Å². The molecule has 10 nitrogen and oxygen atoms in total. The number of amides is 2. The van der Waals surface area contributed by atoms with E-state index >= 15 is 0 Å². The Morgan fingerprint density at radius 3 is 2.48 bits per heavy atom. The van der Waals surface area contributed by atoms with E-state index in [2.05, 4.69) is 0 Å². The van der Waals surface area contributed by atoms with Crippen LogP contribution in [0.2, 0.25) is 0 Å². The molecule has 40 heavy (non-hydrogen) atoms. The van der Waals surface area contributed by atoms with E-state index in [0.29, 0.717) is 35.2 Å². The van der Waals surface area contributed by atoms with E-state index < -0.39 is 16.7 Å². The molecule has 1 aliphatic heterocycles. The van der Waals surface area contributed by atoms with Crippen LogP contribution in [-0.4, -0.2) is 44.6 Å². The number of methoxy groups -OCH3 is 1. The van der Waals surface area contributed by atoms with Crippen molar-refractivity contribution < 1.29 is 19.2 Å². The number of aromatic nitrogens is 2. The van der Waals surface area contributed by atoms with Gasteiger partial charge in [0, 0.05) is 35.0 Å². The van der Waals surface area contributed by atoms with Crippen molar-refractivity contribution in [3.8, 4) is 28.8 Å². The molecule has 0 atom stereocenters. The highest BCUT2D eigenvalue weighted by Crippen LogP contribution is 2.36. The van der Waals surface area contributed by atoms with Crippen LogP contribution in [0.15, 0.2) is 71.4 Å². The largest absolute Gasteiger partial charge is 0.490 e. The lowest BCUT2D eigenvalue weighted by Crippen LogP contribution is -2.49. The topological polar surface area (TPSA) is 131 Å². The molecule has 2 aliphatic rings. The van der Waals surface area contributed by atoms with E-state index in [4.69, 9.17) is 9.84 Å². The zero-order valence-electron chi connectivity index (χ0n) is 22.2. The number of carbonyl (C=O) groups excluding carboxylic acids is 2. The first-order valence-electron chi connectivity index (χ1n) is 13.0. The molecular formula is C30H27N5O5. The van der Waals surface area contributed by atoms with Crippen molar-refractivity contribution in [2.24, 2.45) is 0 Å². The molecule has 0 bridgehead atoms. The fourth-order valence-corrected chi connectivity index (χ4v) is 5.34. The first-order chi connectivity index (χ1) is 19.3. The Bertz CT molecular complexity index is 1610. The van der Waals surface area contributed by atoms with Crippen LogP contribution in [0.25, 0.3) is 23.0 Å². The Labute approximate surface area is 230 Å². The normalized spacial score (nSPS) is 17.3. The van der Waals surface area contributed by atoms with Gasteiger partial charge >= 0.3 is 5.69 Å². The minimum atomic E-state index is -0.556. The highest BCUT2D eigenvalue weighted by Gasteiger charge is 2.40. The molecule has 2 amide bonds. The predicted molar refractivity (Wildman–Crippen MR) is 147 cm³/mol. The van der Waals surface area contributed by atoms with E-state index in [9.17, 15) is 25.0 Å². The standard InChI is InChI=1S/C30H27N5O5/c1-19-24(29(36)34(30(37)25(19)17-31)23-11-7-4-8-12-23)15-21-18-33(22-9-5-3-6-10-22)32-28(21)20-13-14-27(40-2)26(16-20)35(38)39/h3,5-6,9-10,13-16,18,23H,4,7-8,11-12H2,1-2H3/b24-15+. The van der Waals surface area contributed by atoms with Gasteiger partial charge in [-0.05, 0) is 55.7 Å². The number of imide groups is 1. The predicted octanol–water partition coefficient (Wildman–Crippen LogP) is 5.38. The van der Waals surface area contributed by atoms with Crippen LogP contribution in [0.5, 0.6) is 5.75 Å². The number of nitriles is 1. The van der Waals surface area contributed by atoms with E-state index in [1.165, 1.54) is 24.1 Å². The number of nitro benzene ring substituents is 1. The van der Waals surface area contributed by atoms with Crippen LogP contribution in [-0.2, 0) is 9.59 Å². The smallest absolute Gasteiger partial charge is 0.311 e. The quantitative estimate of drug-likeness (QED) is 0.178. The van der Waals surface area contributed by atoms with Gasteiger partial charge < -0.3 is 4.74 Å². The summed E-state index contributed by atoms with van der Waals surface area (Å²) in [6.45, 7) is 1.60. The first-order valence-corrected chi connectivity index (χ1v) is 13.0. The lowest BCUT2D eigenvalue weighted by molar-refractivity contribution is -0.385. The summed E-state index contributed by atoms with van der Waals surface area (Å²) in [5.74, 6) is -0.898. The van der Waals surface area contributed by atoms with Gasteiger partial charge in [-0.2, -0.15) is 10.4 Å². The van der Waals surface area contributed by atoms with Crippen molar-refractivity contribution in [2.45, 2.75) is 45.1 Å². The average Bonchev–Trinajstić information content (AvgIpc) is 3.40. The van der Waals surface area contributed by atoms with Crippen molar-refractivity contribution in [3.05, 3.63) is 87.1 Å². The summed E-state index contributed by atoms with van der Waals surface area (Å²) in [6.07, 6.45) is 7.62. The molecule has 0 spiro atoms. The lowest BCUT2D eigenvalue weighted by atomic mass is 9.88. The molecule has 1 aromatic heterocycles. The minimum Gasteiger partial charge on any atom is -0.490 e. The van der Waals surface area contributed by atoms with Crippen LogP contribution in [0.4, 0.5) is 5.69 Å². The molecule has 0 N–H and O–H groups in total. The van der Waals surface area contributed by atoms with Gasteiger partial charge in [0.15, 0.2) is 5.75 Å². The molecule has 1 saturated carbocycles. The van der Waals surface area contributed by atoms with Gasteiger partial charge in [-0.15, -0.1) is 0 Å². The number of hydrogen-bond donors (Lipinski definition) is 0. The van der Waals surface area contributed by atoms with Gasteiger partial charge in [0.05, 0.1) is 17.7 Å². The summed E-state index contributed by atoms with van der Waals surface area (Å²) < 4.78 is 6.78. The van der Waals surface area contributed by atoms with Gasteiger partial charge in [-0.1, -0.05) is 37.5 Å². The second-order valence-corrected chi connectivity index (χ2v) is 9.80. The van der Waals surface area contributed by atoms with Crippen LogP contribution < -0.4 is 4.74 Å². The molecule has 0 saturated heterocycles.